The fourth-order valence-corrected chi connectivity index (χ4v) is 2.88. The van der Waals surface area contributed by atoms with E-state index in [1.165, 1.54) is 11.8 Å². The minimum Gasteiger partial charge on any atom is -0.384 e. The molecule has 1 fully saturated rings. The Morgan fingerprint density at radius 2 is 2.17 bits per heavy atom. The predicted octanol–water partition coefficient (Wildman–Crippen LogP) is 0.816. The first-order valence-electron chi connectivity index (χ1n) is 6.38. The van der Waals surface area contributed by atoms with Gasteiger partial charge in [0.2, 0.25) is 0 Å². The van der Waals surface area contributed by atoms with E-state index in [0.717, 1.165) is 39.1 Å². The van der Waals surface area contributed by atoms with Gasteiger partial charge in [0.15, 0.2) is 0 Å². The molecule has 0 aromatic carbocycles. The summed E-state index contributed by atoms with van der Waals surface area (Å²) in [4.78, 5) is 17.2. The number of hydrogen-bond acceptors (Lipinski definition) is 4. The Bertz CT molecular complexity index is 370. The van der Waals surface area contributed by atoms with Gasteiger partial charge in [-0.2, -0.15) is 0 Å². The summed E-state index contributed by atoms with van der Waals surface area (Å²) < 4.78 is 0. The van der Waals surface area contributed by atoms with Crippen LogP contribution in [0.4, 0.5) is 0 Å². The lowest BCUT2D eigenvalue weighted by Crippen LogP contribution is -2.51. The smallest absolute Gasteiger partial charge is 0.251 e. The van der Waals surface area contributed by atoms with E-state index in [4.69, 9.17) is 0 Å². The van der Waals surface area contributed by atoms with E-state index in [0.29, 0.717) is 0 Å². The molecule has 18 heavy (non-hydrogen) atoms. The van der Waals surface area contributed by atoms with Crippen LogP contribution in [0, 0.1) is 0 Å². The highest BCUT2D eigenvalue weighted by Gasteiger charge is 2.23. The first-order valence-corrected chi connectivity index (χ1v) is 7.26. The van der Waals surface area contributed by atoms with E-state index in [1.807, 2.05) is 0 Å². The second kappa shape index (κ2) is 6.31. The van der Waals surface area contributed by atoms with Gasteiger partial charge in [-0.25, -0.2) is 0 Å². The van der Waals surface area contributed by atoms with Gasteiger partial charge in [0, 0.05) is 37.6 Å². The van der Waals surface area contributed by atoms with Crippen molar-refractivity contribution in [1.82, 2.24) is 9.80 Å². The van der Waals surface area contributed by atoms with Gasteiger partial charge in [0.1, 0.15) is 6.10 Å². The number of hydrogen-bond donors (Lipinski definition) is 1. The average Bonchev–Trinajstić information content (AvgIpc) is 2.89. The van der Waals surface area contributed by atoms with E-state index >= 15 is 0 Å². The van der Waals surface area contributed by atoms with Crippen LogP contribution < -0.4 is 0 Å². The van der Waals surface area contributed by atoms with Gasteiger partial charge in [-0.05, 0) is 24.8 Å². The van der Waals surface area contributed by atoms with Crippen molar-refractivity contribution in [3.8, 4) is 0 Å². The monoisotopic (exact) mass is 268 g/mol. The number of amides is 1. The lowest BCUT2D eigenvalue weighted by molar-refractivity contribution is -0.141. The highest BCUT2D eigenvalue weighted by molar-refractivity contribution is 7.09. The first-order chi connectivity index (χ1) is 8.66. The molecule has 5 heteroatoms. The summed E-state index contributed by atoms with van der Waals surface area (Å²) in [6.07, 6.45) is 0.213. The minimum absolute atomic E-state index is 0.145. The number of carbonyl (C=O) groups is 1. The molecule has 0 spiro atoms. The summed E-state index contributed by atoms with van der Waals surface area (Å²) >= 11 is 1.80. The van der Waals surface area contributed by atoms with Crippen molar-refractivity contribution >= 4 is 17.2 Å². The number of aliphatic hydroxyl groups is 1. The SMILES string of the molecule is CC(O)C(=O)N1CCN(CCc2cccs2)CC1. The van der Waals surface area contributed by atoms with Gasteiger partial charge in [0.25, 0.3) is 5.91 Å². The summed E-state index contributed by atoms with van der Waals surface area (Å²) in [5.74, 6) is -0.145. The molecule has 0 radical (unpaired) electrons. The summed E-state index contributed by atoms with van der Waals surface area (Å²) in [6.45, 7) is 5.86. The molecule has 1 aliphatic rings. The molecule has 1 aromatic heterocycles. The molecule has 0 bridgehead atoms. The Labute approximate surface area is 112 Å². The lowest BCUT2D eigenvalue weighted by Gasteiger charge is -2.35. The van der Waals surface area contributed by atoms with Gasteiger partial charge >= 0.3 is 0 Å². The molecule has 1 atom stereocenters. The zero-order valence-corrected chi connectivity index (χ0v) is 11.5. The zero-order chi connectivity index (χ0) is 13.0. The van der Waals surface area contributed by atoms with E-state index in [9.17, 15) is 9.90 Å². The van der Waals surface area contributed by atoms with Crippen LogP contribution in [0.1, 0.15) is 11.8 Å². The Morgan fingerprint density at radius 3 is 2.72 bits per heavy atom. The molecule has 1 amide bonds. The second-order valence-corrected chi connectivity index (χ2v) is 5.70. The third-order valence-electron chi connectivity index (χ3n) is 3.30. The molecule has 0 aliphatic carbocycles. The van der Waals surface area contributed by atoms with Gasteiger partial charge < -0.3 is 10.0 Å². The van der Waals surface area contributed by atoms with Crippen molar-refractivity contribution in [1.29, 1.82) is 0 Å². The molecule has 100 valence electrons. The number of carbonyl (C=O) groups excluding carboxylic acids is 1. The van der Waals surface area contributed by atoms with Crippen molar-refractivity contribution in [3.05, 3.63) is 22.4 Å². The molecular weight excluding hydrogens is 248 g/mol. The Balaban J connectivity index is 1.72. The van der Waals surface area contributed by atoms with E-state index in [-0.39, 0.29) is 5.91 Å². The van der Waals surface area contributed by atoms with E-state index in [2.05, 4.69) is 22.4 Å². The highest BCUT2D eigenvalue weighted by atomic mass is 32.1. The number of rotatable bonds is 4. The molecule has 2 rings (SSSR count). The Morgan fingerprint density at radius 1 is 1.44 bits per heavy atom. The van der Waals surface area contributed by atoms with Crippen LogP contribution in [0.5, 0.6) is 0 Å². The van der Waals surface area contributed by atoms with E-state index in [1.54, 1.807) is 16.2 Å². The zero-order valence-electron chi connectivity index (χ0n) is 10.7. The largest absolute Gasteiger partial charge is 0.384 e. The summed E-state index contributed by atoms with van der Waals surface area (Å²) in [5, 5.41) is 11.4. The Kier molecular flexibility index (Phi) is 4.74. The second-order valence-electron chi connectivity index (χ2n) is 4.67. The van der Waals surface area contributed by atoms with Crippen LogP contribution in [0.25, 0.3) is 0 Å². The maximum absolute atomic E-state index is 11.6. The average molecular weight is 268 g/mol. The number of thiophene rings is 1. The van der Waals surface area contributed by atoms with Crippen LogP contribution in [-0.4, -0.2) is 59.6 Å². The molecule has 1 N–H and O–H groups in total. The number of piperazine rings is 1. The summed E-state index contributed by atoms with van der Waals surface area (Å²) in [6, 6.07) is 4.25. The molecular formula is C13H20N2O2S. The van der Waals surface area contributed by atoms with Crippen molar-refractivity contribution in [3.63, 3.8) is 0 Å². The van der Waals surface area contributed by atoms with Crippen molar-refractivity contribution in [2.24, 2.45) is 0 Å². The van der Waals surface area contributed by atoms with Gasteiger partial charge in [-0.15, -0.1) is 11.3 Å². The van der Waals surface area contributed by atoms with Crippen LogP contribution in [0.2, 0.25) is 0 Å². The molecule has 0 saturated carbocycles. The third kappa shape index (κ3) is 3.54. The third-order valence-corrected chi connectivity index (χ3v) is 4.23. The molecule has 2 heterocycles. The van der Waals surface area contributed by atoms with Gasteiger partial charge in [0.05, 0.1) is 0 Å². The number of aliphatic hydroxyl groups excluding tert-OH is 1. The van der Waals surface area contributed by atoms with Crippen molar-refractivity contribution in [2.45, 2.75) is 19.4 Å². The normalized spacial score (nSPS) is 18.9. The molecule has 1 saturated heterocycles. The lowest BCUT2D eigenvalue weighted by atomic mass is 10.2. The van der Waals surface area contributed by atoms with Gasteiger partial charge in [-0.3, -0.25) is 9.69 Å². The van der Waals surface area contributed by atoms with Crippen LogP contribution in [0.3, 0.4) is 0 Å². The van der Waals surface area contributed by atoms with Crippen molar-refractivity contribution in [2.75, 3.05) is 32.7 Å². The molecule has 1 unspecified atom stereocenters. The maximum Gasteiger partial charge on any atom is 0.251 e. The van der Waals surface area contributed by atoms with Crippen LogP contribution in [0.15, 0.2) is 17.5 Å². The molecule has 1 aliphatic heterocycles. The van der Waals surface area contributed by atoms with Gasteiger partial charge in [-0.1, -0.05) is 6.07 Å². The van der Waals surface area contributed by atoms with Crippen LogP contribution in [-0.2, 0) is 11.2 Å². The number of nitrogens with zero attached hydrogens (tertiary/aromatic N) is 2. The first kappa shape index (κ1) is 13.5. The van der Waals surface area contributed by atoms with E-state index < -0.39 is 6.10 Å². The standard InChI is InChI=1S/C13H20N2O2S/c1-11(16)13(17)15-8-6-14(7-9-15)5-4-12-3-2-10-18-12/h2-3,10-11,16H,4-9H2,1H3. The Hall–Kier alpha value is -0.910. The highest BCUT2D eigenvalue weighted by Crippen LogP contribution is 2.11. The van der Waals surface area contributed by atoms with Crippen LogP contribution >= 0.6 is 11.3 Å². The fourth-order valence-electron chi connectivity index (χ4n) is 2.18. The fraction of sp³-hybridized carbons (Fsp3) is 0.615. The summed E-state index contributed by atoms with van der Waals surface area (Å²) in [7, 11) is 0. The predicted molar refractivity (Wildman–Crippen MR) is 72.7 cm³/mol. The topological polar surface area (TPSA) is 43.8 Å². The molecule has 1 aromatic rings. The van der Waals surface area contributed by atoms with Crippen molar-refractivity contribution < 1.29 is 9.90 Å². The quantitative estimate of drug-likeness (QED) is 0.879. The maximum atomic E-state index is 11.6. The molecule has 4 nitrogen and oxygen atoms in total. The summed E-state index contributed by atoms with van der Waals surface area (Å²) in [5.41, 5.74) is 0. The minimum atomic E-state index is -0.873.